The van der Waals surface area contributed by atoms with Crippen LogP contribution in [0.2, 0.25) is 0 Å². The lowest BCUT2D eigenvalue weighted by molar-refractivity contribution is 0.598. The monoisotopic (exact) mass is 253 g/mol. The zero-order chi connectivity index (χ0) is 12.5. The summed E-state index contributed by atoms with van der Waals surface area (Å²) >= 11 is 0. The molecule has 1 aliphatic rings. The molecule has 0 fully saturated rings. The number of anilines is 1. The number of para-hydroxylation sites is 1. The molecule has 1 aliphatic heterocycles. The fourth-order valence-electron chi connectivity index (χ4n) is 2.45. The molecular formula is C13H19NO2S. The highest BCUT2D eigenvalue weighted by Gasteiger charge is 2.24. The van der Waals surface area contributed by atoms with E-state index in [1.807, 2.05) is 6.07 Å². The minimum atomic E-state index is -2.83. The molecule has 0 N–H and O–H groups in total. The highest BCUT2D eigenvalue weighted by Crippen LogP contribution is 2.35. The predicted octanol–water partition coefficient (Wildman–Crippen LogP) is 2.04. The summed E-state index contributed by atoms with van der Waals surface area (Å²) in [6.07, 6.45) is 2.01. The largest absolute Gasteiger partial charge is 0.371 e. The van der Waals surface area contributed by atoms with Gasteiger partial charge in [-0.05, 0) is 18.1 Å². The summed E-state index contributed by atoms with van der Waals surface area (Å²) in [4.78, 5) is 2.30. The van der Waals surface area contributed by atoms with Crippen molar-refractivity contribution in [2.24, 2.45) is 0 Å². The van der Waals surface area contributed by atoms with Crippen molar-refractivity contribution in [2.75, 3.05) is 30.0 Å². The van der Waals surface area contributed by atoms with E-state index in [2.05, 4.69) is 30.0 Å². The van der Waals surface area contributed by atoms with Crippen molar-refractivity contribution in [3.63, 3.8) is 0 Å². The van der Waals surface area contributed by atoms with Gasteiger partial charge in [-0.2, -0.15) is 0 Å². The van der Waals surface area contributed by atoms with Crippen LogP contribution in [-0.4, -0.2) is 33.5 Å². The highest BCUT2D eigenvalue weighted by molar-refractivity contribution is 7.90. The third-order valence-corrected chi connectivity index (χ3v) is 4.28. The van der Waals surface area contributed by atoms with E-state index in [4.69, 9.17) is 0 Å². The van der Waals surface area contributed by atoms with Gasteiger partial charge in [-0.25, -0.2) is 8.42 Å². The molecule has 0 amide bonds. The Morgan fingerprint density at radius 2 is 2.06 bits per heavy atom. The van der Waals surface area contributed by atoms with Crippen LogP contribution in [0.5, 0.6) is 0 Å². The average molecular weight is 253 g/mol. The Balaban J connectivity index is 2.01. The first-order chi connectivity index (χ1) is 7.97. The molecule has 17 heavy (non-hydrogen) atoms. The van der Waals surface area contributed by atoms with Crippen molar-refractivity contribution in [1.29, 1.82) is 0 Å². The van der Waals surface area contributed by atoms with Crippen LogP contribution in [-0.2, 0) is 9.84 Å². The van der Waals surface area contributed by atoms with Crippen molar-refractivity contribution in [2.45, 2.75) is 19.3 Å². The summed E-state index contributed by atoms with van der Waals surface area (Å²) in [5, 5.41) is 0. The minimum absolute atomic E-state index is 0.278. The maximum atomic E-state index is 11.1. The van der Waals surface area contributed by atoms with Gasteiger partial charge in [-0.1, -0.05) is 25.1 Å². The third kappa shape index (κ3) is 3.00. The summed E-state index contributed by atoms with van der Waals surface area (Å²) in [5.74, 6) is 0.824. The van der Waals surface area contributed by atoms with Gasteiger partial charge in [0.25, 0.3) is 0 Å². The van der Waals surface area contributed by atoms with Crippen LogP contribution in [0.4, 0.5) is 5.69 Å². The molecule has 94 valence electrons. The fraction of sp³-hybridized carbons (Fsp3) is 0.538. The van der Waals surface area contributed by atoms with E-state index in [-0.39, 0.29) is 5.75 Å². The summed E-state index contributed by atoms with van der Waals surface area (Å²) in [5.41, 5.74) is 2.65. The number of benzene rings is 1. The number of hydrogen-bond donors (Lipinski definition) is 0. The molecule has 2 rings (SSSR count). The molecule has 3 nitrogen and oxygen atoms in total. The zero-order valence-corrected chi connectivity index (χ0v) is 11.2. The van der Waals surface area contributed by atoms with E-state index < -0.39 is 9.84 Å². The van der Waals surface area contributed by atoms with Crippen LogP contribution in [0.15, 0.2) is 24.3 Å². The van der Waals surface area contributed by atoms with Crippen molar-refractivity contribution in [3.05, 3.63) is 29.8 Å². The van der Waals surface area contributed by atoms with E-state index >= 15 is 0 Å². The fourth-order valence-corrected chi connectivity index (χ4v) is 3.10. The first-order valence-electron chi connectivity index (χ1n) is 5.99. The molecule has 0 bridgehead atoms. The molecule has 4 heteroatoms. The van der Waals surface area contributed by atoms with E-state index in [1.54, 1.807) is 0 Å². The van der Waals surface area contributed by atoms with Gasteiger partial charge in [-0.3, -0.25) is 0 Å². The maximum Gasteiger partial charge on any atom is 0.147 e. The summed E-state index contributed by atoms with van der Waals surface area (Å²) < 4.78 is 22.2. The molecule has 0 aromatic heterocycles. The number of fused-ring (bicyclic) bond motifs is 1. The Kier molecular flexibility index (Phi) is 3.43. The van der Waals surface area contributed by atoms with Crippen molar-refractivity contribution in [3.8, 4) is 0 Å². The second-order valence-electron chi connectivity index (χ2n) is 4.89. The number of sulfone groups is 1. The van der Waals surface area contributed by atoms with Gasteiger partial charge in [0, 0.05) is 31.0 Å². The normalized spacial score (nSPS) is 19.4. The SMILES string of the molecule is CC1CN(CCCS(C)(=O)=O)c2ccccc21. The average Bonchev–Trinajstić information content (AvgIpc) is 2.55. The van der Waals surface area contributed by atoms with E-state index in [9.17, 15) is 8.42 Å². The van der Waals surface area contributed by atoms with Crippen LogP contribution in [0.25, 0.3) is 0 Å². The second-order valence-corrected chi connectivity index (χ2v) is 7.15. The maximum absolute atomic E-state index is 11.1. The van der Waals surface area contributed by atoms with Gasteiger partial charge >= 0.3 is 0 Å². The number of nitrogens with zero attached hydrogens (tertiary/aromatic N) is 1. The lowest BCUT2D eigenvalue weighted by Gasteiger charge is -2.19. The van der Waals surface area contributed by atoms with Gasteiger partial charge in [0.15, 0.2) is 0 Å². The van der Waals surface area contributed by atoms with Crippen LogP contribution in [0, 0.1) is 0 Å². The molecule has 0 saturated heterocycles. The molecule has 0 radical (unpaired) electrons. The van der Waals surface area contributed by atoms with Crippen LogP contribution in [0.1, 0.15) is 24.8 Å². The molecular weight excluding hydrogens is 234 g/mol. The zero-order valence-electron chi connectivity index (χ0n) is 10.4. The topological polar surface area (TPSA) is 37.4 Å². The molecule has 1 aromatic carbocycles. The Labute approximate surface area is 103 Å². The number of hydrogen-bond acceptors (Lipinski definition) is 3. The standard InChI is InChI=1S/C13H19NO2S/c1-11-10-14(8-5-9-17(2,15)16)13-7-4-3-6-12(11)13/h3-4,6-7,11H,5,8-10H2,1-2H3. The molecule has 1 unspecified atom stereocenters. The van der Waals surface area contributed by atoms with Crippen LogP contribution >= 0.6 is 0 Å². The third-order valence-electron chi connectivity index (χ3n) is 3.25. The smallest absolute Gasteiger partial charge is 0.147 e. The van der Waals surface area contributed by atoms with Gasteiger partial charge in [0.1, 0.15) is 9.84 Å². The molecule has 0 aliphatic carbocycles. The molecule has 1 heterocycles. The minimum Gasteiger partial charge on any atom is -0.371 e. The van der Waals surface area contributed by atoms with Crippen LogP contribution in [0.3, 0.4) is 0 Å². The predicted molar refractivity (Wildman–Crippen MR) is 71.4 cm³/mol. The Morgan fingerprint density at radius 3 is 2.76 bits per heavy atom. The summed E-state index contributed by atoms with van der Waals surface area (Å²) in [6, 6.07) is 8.39. The molecule has 0 spiro atoms. The van der Waals surface area contributed by atoms with Crippen molar-refractivity contribution < 1.29 is 8.42 Å². The second kappa shape index (κ2) is 4.69. The number of rotatable bonds is 4. The Morgan fingerprint density at radius 1 is 1.35 bits per heavy atom. The van der Waals surface area contributed by atoms with Crippen LogP contribution < -0.4 is 4.90 Å². The lowest BCUT2D eigenvalue weighted by atomic mass is 10.0. The van der Waals surface area contributed by atoms with E-state index in [1.165, 1.54) is 17.5 Å². The summed E-state index contributed by atoms with van der Waals surface area (Å²) in [6.45, 7) is 4.05. The molecule has 1 atom stereocenters. The molecule has 1 aromatic rings. The first kappa shape index (κ1) is 12.4. The Bertz CT molecular complexity index is 496. The highest BCUT2D eigenvalue weighted by atomic mass is 32.2. The summed E-state index contributed by atoms with van der Waals surface area (Å²) in [7, 11) is -2.83. The Hall–Kier alpha value is -1.03. The van der Waals surface area contributed by atoms with E-state index in [0.29, 0.717) is 12.3 Å². The van der Waals surface area contributed by atoms with Gasteiger partial charge in [0.05, 0.1) is 5.75 Å². The van der Waals surface area contributed by atoms with Crippen molar-refractivity contribution >= 4 is 15.5 Å². The van der Waals surface area contributed by atoms with E-state index in [0.717, 1.165) is 13.1 Å². The first-order valence-corrected chi connectivity index (χ1v) is 8.05. The molecule has 0 saturated carbocycles. The quantitative estimate of drug-likeness (QED) is 0.824. The van der Waals surface area contributed by atoms with Gasteiger partial charge < -0.3 is 4.90 Å². The van der Waals surface area contributed by atoms with Gasteiger partial charge in [0.2, 0.25) is 0 Å². The van der Waals surface area contributed by atoms with Gasteiger partial charge in [-0.15, -0.1) is 0 Å². The lowest BCUT2D eigenvalue weighted by Crippen LogP contribution is -2.24. The van der Waals surface area contributed by atoms with Crippen molar-refractivity contribution in [1.82, 2.24) is 0 Å².